The number of amides is 2. The number of rotatable bonds is 6. The van der Waals surface area contributed by atoms with E-state index in [1.54, 1.807) is 17.2 Å². The van der Waals surface area contributed by atoms with Gasteiger partial charge in [0.25, 0.3) is 0 Å². The summed E-state index contributed by atoms with van der Waals surface area (Å²) in [7, 11) is 0. The van der Waals surface area contributed by atoms with E-state index < -0.39 is 5.97 Å². The lowest BCUT2D eigenvalue weighted by molar-refractivity contribution is -0.133. The number of aromatic nitrogens is 1. The van der Waals surface area contributed by atoms with Crippen LogP contribution in [0.2, 0.25) is 0 Å². The van der Waals surface area contributed by atoms with Crippen molar-refractivity contribution in [3.8, 4) is 16.9 Å². The number of urea groups is 1. The van der Waals surface area contributed by atoms with Crippen molar-refractivity contribution in [3.63, 3.8) is 0 Å². The van der Waals surface area contributed by atoms with Gasteiger partial charge in [-0.05, 0) is 42.3 Å². The van der Waals surface area contributed by atoms with E-state index in [2.05, 4.69) is 10.3 Å². The average Bonchev–Trinajstić information content (AvgIpc) is 2.82. The van der Waals surface area contributed by atoms with Gasteiger partial charge < -0.3 is 15.2 Å². The molecule has 0 spiro atoms. The molecule has 0 radical (unpaired) electrons. The first-order valence-corrected chi connectivity index (χ1v) is 11.3. The van der Waals surface area contributed by atoms with Crippen LogP contribution in [0.4, 0.5) is 16.2 Å². The van der Waals surface area contributed by atoms with Crippen LogP contribution in [0.25, 0.3) is 11.1 Å². The molecule has 0 aliphatic carbocycles. The Hall–Kier alpha value is -3.52. The smallest absolute Gasteiger partial charge is 0.326 e. The van der Waals surface area contributed by atoms with Gasteiger partial charge in [0.1, 0.15) is 11.9 Å². The fourth-order valence-electron chi connectivity index (χ4n) is 3.42. The minimum Gasteiger partial charge on any atom is -0.486 e. The molecule has 2 heterocycles. The molecule has 32 heavy (non-hydrogen) atoms. The van der Waals surface area contributed by atoms with Gasteiger partial charge in [-0.1, -0.05) is 49.0 Å². The van der Waals surface area contributed by atoms with Crippen LogP contribution < -0.4 is 15.0 Å². The molecule has 8 heteroatoms. The molecule has 0 saturated carbocycles. The molecule has 1 aliphatic rings. The van der Waals surface area contributed by atoms with Gasteiger partial charge in [-0.3, -0.25) is 9.69 Å². The van der Waals surface area contributed by atoms with E-state index in [0.717, 1.165) is 23.2 Å². The zero-order valence-electron chi connectivity index (χ0n) is 17.5. The fraction of sp³-hybridized carbons (Fsp3) is 0.208. The maximum atomic E-state index is 13.0. The van der Waals surface area contributed by atoms with Crippen LogP contribution in [0, 0.1) is 0 Å². The molecule has 4 rings (SSSR count). The summed E-state index contributed by atoms with van der Waals surface area (Å²) < 4.78 is 6.15. The molecule has 1 unspecified atom stereocenters. The number of hydrogen-bond acceptors (Lipinski definition) is 5. The summed E-state index contributed by atoms with van der Waals surface area (Å²) in [4.78, 5) is 29.8. The number of anilines is 2. The van der Waals surface area contributed by atoms with Crippen LogP contribution in [-0.4, -0.2) is 40.5 Å². The molecular formula is C24H23N3O4S. The van der Waals surface area contributed by atoms with E-state index in [9.17, 15) is 9.59 Å². The number of carbonyl (C=O) groups excluding carboxylic acids is 1. The van der Waals surface area contributed by atoms with Crippen molar-refractivity contribution in [2.75, 3.05) is 22.5 Å². The number of thioether (sulfide) groups is 1. The van der Waals surface area contributed by atoms with Crippen molar-refractivity contribution in [3.05, 3.63) is 66.9 Å². The number of nitrogens with one attached hydrogen (secondary N) is 1. The first-order valence-electron chi connectivity index (χ1n) is 10.3. The number of benzene rings is 2. The number of carboxylic acids is 1. The van der Waals surface area contributed by atoms with E-state index in [0.29, 0.717) is 23.0 Å². The van der Waals surface area contributed by atoms with Crippen molar-refractivity contribution in [1.82, 2.24) is 4.98 Å². The SMILES string of the molecule is CCC1CN(C(=O)Nc2ccccc2)c2ccc(-c3ccc(SCC(=O)O)nc3)cc2O1. The lowest BCUT2D eigenvalue weighted by Gasteiger charge is -2.34. The topological polar surface area (TPSA) is 91.8 Å². The number of carboxylic acid groups (broad SMARTS) is 1. The minimum atomic E-state index is -0.876. The molecule has 164 valence electrons. The normalized spacial score (nSPS) is 14.9. The van der Waals surface area contributed by atoms with Crippen molar-refractivity contribution in [2.45, 2.75) is 24.5 Å². The quantitative estimate of drug-likeness (QED) is 0.507. The predicted molar refractivity (Wildman–Crippen MR) is 126 cm³/mol. The maximum Gasteiger partial charge on any atom is 0.326 e. The van der Waals surface area contributed by atoms with Gasteiger partial charge in [0, 0.05) is 17.4 Å². The third kappa shape index (κ3) is 5.03. The number of aliphatic carboxylic acids is 1. The van der Waals surface area contributed by atoms with Crippen molar-refractivity contribution in [2.24, 2.45) is 0 Å². The van der Waals surface area contributed by atoms with Gasteiger partial charge in [0.15, 0.2) is 0 Å². The monoisotopic (exact) mass is 449 g/mol. The zero-order valence-corrected chi connectivity index (χ0v) is 18.3. The number of fused-ring (bicyclic) bond motifs is 1. The molecule has 1 atom stereocenters. The highest BCUT2D eigenvalue weighted by Gasteiger charge is 2.29. The molecular weight excluding hydrogens is 426 g/mol. The minimum absolute atomic E-state index is 0.0294. The van der Waals surface area contributed by atoms with Gasteiger partial charge >= 0.3 is 12.0 Å². The van der Waals surface area contributed by atoms with Crippen LogP contribution in [0.15, 0.2) is 71.9 Å². The second-order valence-electron chi connectivity index (χ2n) is 7.30. The van der Waals surface area contributed by atoms with Crippen molar-refractivity contribution >= 4 is 35.1 Å². The highest BCUT2D eigenvalue weighted by atomic mass is 32.2. The Morgan fingerprint density at radius 3 is 2.62 bits per heavy atom. The van der Waals surface area contributed by atoms with E-state index in [1.807, 2.05) is 61.5 Å². The average molecular weight is 450 g/mol. The predicted octanol–water partition coefficient (Wildman–Crippen LogP) is 5.13. The van der Waals surface area contributed by atoms with Crippen LogP contribution in [0.1, 0.15) is 13.3 Å². The maximum absolute atomic E-state index is 13.0. The van der Waals surface area contributed by atoms with Gasteiger partial charge in [-0.2, -0.15) is 0 Å². The number of nitrogens with zero attached hydrogens (tertiary/aromatic N) is 2. The van der Waals surface area contributed by atoms with E-state index in [1.165, 1.54) is 11.8 Å². The largest absolute Gasteiger partial charge is 0.486 e. The molecule has 2 aromatic carbocycles. The summed E-state index contributed by atoms with van der Waals surface area (Å²) in [5.74, 6) is -0.259. The first-order chi connectivity index (χ1) is 15.5. The first kappa shape index (κ1) is 21.7. The molecule has 0 saturated heterocycles. The molecule has 0 bridgehead atoms. The summed E-state index contributed by atoms with van der Waals surface area (Å²) in [6.45, 7) is 2.50. The van der Waals surface area contributed by atoms with Crippen molar-refractivity contribution in [1.29, 1.82) is 0 Å². The molecule has 3 aromatic rings. The van der Waals surface area contributed by atoms with Gasteiger partial charge in [0.05, 0.1) is 23.0 Å². The zero-order chi connectivity index (χ0) is 22.5. The summed E-state index contributed by atoms with van der Waals surface area (Å²) in [5, 5.41) is 12.4. The summed E-state index contributed by atoms with van der Waals surface area (Å²) in [5.41, 5.74) is 3.25. The number of para-hydroxylation sites is 1. The van der Waals surface area contributed by atoms with E-state index >= 15 is 0 Å². The van der Waals surface area contributed by atoms with E-state index in [4.69, 9.17) is 9.84 Å². The lowest BCUT2D eigenvalue weighted by Crippen LogP contribution is -2.45. The molecule has 2 amide bonds. The van der Waals surface area contributed by atoms with Crippen molar-refractivity contribution < 1.29 is 19.4 Å². The summed E-state index contributed by atoms with van der Waals surface area (Å²) in [6.07, 6.45) is 2.38. The Kier molecular flexibility index (Phi) is 6.61. The highest BCUT2D eigenvalue weighted by Crippen LogP contribution is 2.38. The van der Waals surface area contributed by atoms with Crippen LogP contribution in [0.3, 0.4) is 0 Å². The number of hydrogen-bond donors (Lipinski definition) is 2. The molecule has 1 aromatic heterocycles. The summed E-state index contributed by atoms with van der Waals surface area (Å²) >= 11 is 1.18. The van der Waals surface area contributed by atoms with Gasteiger partial charge in [-0.25, -0.2) is 9.78 Å². The number of pyridine rings is 1. The number of carbonyl (C=O) groups is 2. The van der Waals surface area contributed by atoms with Crippen LogP contribution in [0.5, 0.6) is 5.75 Å². The van der Waals surface area contributed by atoms with Crippen LogP contribution in [-0.2, 0) is 4.79 Å². The molecule has 1 aliphatic heterocycles. The Morgan fingerprint density at radius 1 is 1.16 bits per heavy atom. The molecule has 2 N–H and O–H groups in total. The third-order valence-corrected chi connectivity index (χ3v) is 6.00. The van der Waals surface area contributed by atoms with Gasteiger partial charge in [-0.15, -0.1) is 0 Å². The Labute approximate surface area is 190 Å². The Balaban J connectivity index is 1.57. The standard InChI is InChI=1S/C24H23N3O4S/c1-2-19-14-27(24(30)26-18-6-4-3-5-7-18)20-10-8-16(12-21(20)31-19)17-9-11-22(25-13-17)32-15-23(28)29/h3-13,19H,2,14-15H2,1H3,(H,26,30)(H,28,29). The summed E-state index contributed by atoms with van der Waals surface area (Å²) in [6, 6.07) is 18.6. The Bertz CT molecular complexity index is 1110. The Morgan fingerprint density at radius 2 is 1.94 bits per heavy atom. The van der Waals surface area contributed by atoms with Crippen LogP contribution >= 0.6 is 11.8 Å². The fourth-order valence-corrected chi connectivity index (χ4v) is 3.98. The lowest BCUT2D eigenvalue weighted by atomic mass is 10.0. The van der Waals surface area contributed by atoms with Gasteiger partial charge in [0.2, 0.25) is 0 Å². The third-order valence-electron chi connectivity index (χ3n) is 5.07. The highest BCUT2D eigenvalue weighted by molar-refractivity contribution is 7.99. The number of ether oxygens (including phenoxy) is 1. The van der Waals surface area contributed by atoms with E-state index in [-0.39, 0.29) is 17.9 Å². The molecule has 0 fully saturated rings. The second kappa shape index (κ2) is 9.74. The molecule has 7 nitrogen and oxygen atoms in total. The second-order valence-corrected chi connectivity index (χ2v) is 8.30.